The van der Waals surface area contributed by atoms with Crippen LogP contribution < -0.4 is 15.4 Å². The zero-order valence-corrected chi connectivity index (χ0v) is 12.3. The molecular weight excluding hydrogens is 325 g/mol. The van der Waals surface area contributed by atoms with Gasteiger partial charge in [-0.1, -0.05) is 34.8 Å². The van der Waals surface area contributed by atoms with Gasteiger partial charge in [0.05, 0.1) is 16.6 Å². The molecule has 1 aliphatic heterocycles. The van der Waals surface area contributed by atoms with Gasteiger partial charge in [0, 0.05) is 17.4 Å². The number of carbonyl (C=O) groups is 1. The van der Waals surface area contributed by atoms with Crippen LogP contribution in [0.15, 0.2) is 29.5 Å². The number of hydrogen-bond donors (Lipinski definition) is 1. The predicted octanol–water partition coefficient (Wildman–Crippen LogP) is 2.63. The van der Waals surface area contributed by atoms with Crippen molar-refractivity contribution in [3.63, 3.8) is 0 Å². The number of amidine groups is 1. The maximum absolute atomic E-state index is 11.5. The highest BCUT2D eigenvalue weighted by Gasteiger charge is 2.13. The third-order valence-electron chi connectivity index (χ3n) is 2.26. The molecule has 0 bridgehead atoms. The minimum absolute atomic E-state index is 0.118. The SMILES string of the molecule is O=C(NCCOc1c(Cl)cc(Cl)cc1Cl)C1=NC=C[N]1. The molecular formula is C12H9Cl3N3O2. The van der Waals surface area contributed by atoms with E-state index in [0.29, 0.717) is 20.8 Å². The standard InChI is InChI=1S/C12H9Cl3N3O2/c13-7-5-8(14)10(9(15)6-7)20-4-3-18-12(19)11-16-1-2-17-11/h1-2,5-6H,3-4H2,(H,18,19). The van der Waals surface area contributed by atoms with Gasteiger partial charge in [-0.3, -0.25) is 4.79 Å². The van der Waals surface area contributed by atoms with Crippen LogP contribution in [0.4, 0.5) is 0 Å². The number of nitrogens with one attached hydrogen (secondary N) is 1. The van der Waals surface area contributed by atoms with Crippen molar-refractivity contribution in [3.05, 3.63) is 39.6 Å². The smallest absolute Gasteiger partial charge is 0.289 e. The lowest BCUT2D eigenvalue weighted by molar-refractivity contribution is -0.115. The van der Waals surface area contributed by atoms with Crippen LogP contribution in [0.5, 0.6) is 5.75 Å². The Kier molecular flexibility index (Phi) is 5.11. The van der Waals surface area contributed by atoms with E-state index >= 15 is 0 Å². The van der Waals surface area contributed by atoms with Crippen molar-refractivity contribution in [2.75, 3.05) is 13.2 Å². The number of amides is 1. The molecule has 0 saturated carbocycles. The fourth-order valence-corrected chi connectivity index (χ4v) is 2.35. The largest absolute Gasteiger partial charge is 0.489 e. The Morgan fingerprint density at radius 2 is 1.90 bits per heavy atom. The van der Waals surface area contributed by atoms with Crippen molar-refractivity contribution in [3.8, 4) is 5.75 Å². The number of halogens is 3. The maximum Gasteiger partial charge on any atom is 0.289 e. The summed E-state index contributed by atoms with van der Waals surface area (Å²) in [5, 5.41) is 7.43. The maximum atomic E-state index is 11.5. The van der Waals surface area contributed by atoms with Gasteiger partial charge >= 0.3 is 0 Å². The minimum Gasteiger partial charge on any atom is -0.489 e. The Balaban J connectivity index is 1.80. The Morgan fingerprint density at radius 1 is 1.20 bits per heavy atom. The van der Waals surface area contributed by atoms with Gasteiger partial charge in [-0.15, -0.1) is 0 Å². The summed E-state index contributed by atoms with van der Waals surface area (Å²) in [5.41, 5.74) is 0. The van der Waals surface area contributed by atoms with Crippen molar-refractivity contribution in [1.82, 2.24) is 10.6 Å². The zero-order chi connectivity index (χ0) is 14.5. The Hall–Kier alpha value is -1.43. The molecule has 0 saturated heterocycles. The lowest BCUT2D eigenvalue weighted by Gasteiger charge is -2.10. The third-order valence-corrected chi connectivity index (χ3v) is 3.04. The number of carbonyl (C=O) groups excluding carboxylic acids is 1. The number of nitrogens with zero attached hydrogens (tertiary/aromatic N) is 2. The summed E-state index contributed by atoms with van der Waals surface area (Å²) < 4.78 is 5.41. The van der Waals surface area contributed by atoms with E-state index in [1.54, 1.807) is 0 Å². The van der Waals surface area contributed by atoms with Gasteiger partial charge in [0.1, 0.15) is 6.61 Å². The van der Waals surface area contributed by atoms with Crippen molar-refractivity contribution in [1.29, 1.82) is 0 Å². The van der Waals surface area contributed by atoms with Crippen LogP contribution in [-0.4, -0.2) is 24.9 Å². The van der Waals surface area contributed by atoms with Crippen LogP contribution in [0.3, 0.4) is 0 Å². The van der Waals surface area contributed by atoms with Crippen molar-refractivity contribution >= 4 is 46.5 Å². The number of ether oxygens (including phenoxy) is 1. The Bertz CT molecular complexity index is 564. The number of hydrogen-bond acceptors (Lipinski definition) is 3. The summed E-state index contributed by atoms with van der Waals surface area (Å²) >= 11 is 17.7. The summed E-state index contributed by atoms with van der Waals surface area (Å²) in [6.07, 6.45) is 2.89. The molecule has 1 aromatic rings. The summed E-state index contributed by atoms with van der Waals surface area (Å²) in [4.78, 5) is 15.3. The second-order valence-electron chi connectivity index (χ2n) is 3.68. The van der Waals surface area contributed by atoms with E-state index in [4.69, 9.17) is 39.5 Å². The molecule has 1 heterocycles. The molecule has 1 radical (unpaired) electrons. The highest BCUT2D eigenvalue weighted by molar-refractivity contribution is 6.40. The van der Waals surface area contributed by atoms with Crippen LogP contribution in [0.2, 0.25) is 15.1 Å². The minimum atomic E-state index is -0.369. The molecule has 8 heteroatoms. The highest BCUT2D eigenvalue weighted by Crippen LogP contribution is 2.35. The molecule has 5 nitrogen and oxygen atoms in total. The van der Waals surface area contributed by atoms with Crippen molar-refractivity contribution < 1.29 is 9.53 Å². The molecule has 1 aliphatic rings. The topological polar surface area (TPSA) is 64.8 Å². The van der Waals surface area contributed by atoms with Crippen LogP contribution >= 0.6 is 34.8 Å². The van der Waals surface area contributed by atoms with Gasteiger partial charge in [-0.2, -0.15) is 0 Å². The summed E-state index contributed by atoms with van der Waals surface area (Å²) in [6.45, 7) is 0.468. The second kappa shape index (κ2) is 6.83. The van der Waals surface area contributed by atoms with E-state index in [2.05, 4.69) is 15.6 Å². The molecule has 1 N–H and O–H groups in total. The van der Waals surface area contributed by atoms with Crippen molar-refractivity contribution in [2.45, 2.75) is 0 Å². The first kappa shape index (κ1) is 15.0. The first-order valence-corrected chi connectivity index (χ1v) is 6.70. The van der Waals surface area contributed by atoms with Gasteiger partial charge < -0.3 is 10.1 Å². The molecule has 1 aromatic carbocycles. The van der Waals surface area contributed by atoms with Gasteiger partial charge in [0.25, 0.3) is 5.91 Å². The molecule has 0 aliphatic carbocycles. The Labute approximate surface area is 130 Å². The van der Waals surface area contributed by atoms with Gasteiger partial charge in [-0.05, 0) is 12.1 Å². The average Bonchev–Trinajstić information content (AvgIpc) is 2.90. The molecule has 0 spiro atoms. The average molecular weight is 334 g/mol. The van der Waals surface area contributed by atoms with E-state index in [0.717, 1.165) is 0 Å². The number of aliphatic imine (C=N–C) groups is 1. The first-order valence-electron chi connectivity index (χ1n) is 5.57. The highest BCUT2D eigenvalue weighted by atomic mass is 35.5. The van der Waals surface area contributed by atoms with E-state index in [1.165, 1.54) is 24.5 Å². The quantitative estimate of drug-likeness (QED) is 0.842. The second-order valence-corrected chi connectivity index (χ2v) is 4.93. The van der Waals surface area contributed by atoms with Crippen LogP contribution in [0.25, 0.3) is 0 Å². The third kappa shape index (κ3) is 3.79. The van der Waals surface area contributed by atoms with Crippen LogP contribution in [0.1, 0.15) is 0 Å². The Morgan fingerprint density at radius 3 is 2.50 bits per heavy atom. The van der Waals surface area contributed by atoms with Crippen molar-refractivity contribution in [2.24, 2.45) is 4.99 Å². The molecule has 0 fully saturated rings. The van der Waals surface area contributed by atoms with Gasteiger partial charge in [-0.25, -0.2) is 10.3 Å². The van der Waals surface area contributed by atoms with Gasteiger partial charge in [0.15, 0.2) is 5.75 Å². The lowest BCUT2D eigenvalue weighted by atomic mass is 10.3. The van der Waals surface area contributed by atoms with Gasteiger partial charge in [0.2, 0.25) is 5.84 Å². The molecule has 1 amide bonds. The summed E-state index contributed by atoms with van der Waals surface area (Å²) in [5.74, 6) is 0.0796. The van der Waals surface area contributed by atoms with Crippen LogP contribution in [-0.2, 0) is 4.79 Å². The van der Waals surface area contributed by atoms with E-state index in [-0.39, 0.29) is 24.9 Å². The van der Waals surface area contributed by atoms with E-state index < -0.39 is 0 Å². The summed E-state index contributed by atoms with van der Waals surface area (Å²) in [7, 11) is 0. The zero-order valence-electron chi connectivity index (χ0n) is 10.1. The monoisotopic (exact) mass is 332 g/mol. The molecule has 0 aromatic heterocycles. The lowest BCUT2D eigenvalue weighted by Crippen LogP contribution is -2.36. The predicted molar refractivity (Wildman–Crippen MR) is 78.7 cm³/mol. The van der Waals surface area contributed by atoms with Crippen LogP contribution in [0, 0.1) is 0 Å². The van der Waals surface area contributed by atoms with E-state index in [1.807, 2.05) is 0 Å². The molecule has 0 unspecified atom stereocenters. The normalized spacial score (nSPS) is 12.8. The number of rotatable bonds is 5. The first-order chi connectivity index (χ1) is 9.58. The fourth-order valence-electron chi connectivity index (χ4n) is 1.42. The summed E-state index contributed by atoms with van der Waals surface area (Å²) in [6, 6.07) is 3.06. The fraction of sp³-hybridized carbons (Fsp3) is 0.167. The molecule has 20 heavy (non-hydrogen) atoms. The van der Waals surface area contributed by atoms with E-state index in [9.17, 15) is 4.79 Å². The molecule has 2 rings (SSSR count). The number of benzene rings is 1. The molecule has 105 valence electrons. The molecule has 0 atom stereocenters.